The van der Waals surface area contributed by atoms with Gasteiger partial charge in [0.25, 0.3) is 5.91 Å². The van der Waals surface area contributed by atoms with Gasteiger partial charge in [0, 0.05) is 30.7 Å². The van der Waals surface area contributed by atoms with Gasteiger partial charge < -0.3 is 19.9 Å². The van der Waals surface area contributed by atoms with Crippen LogP contribution in [0.2, 0.25) is 0 Å². The van der Waals surface area contributed by atoms with E-state index in [9.17, 15) is 4.79 Å². The average Bonchev–Trinajstić information content (AvgIpc) is 2.65. The minimum absolute atomic E-state index is 0.174. The molecule has 6 heteroatoms. The molecule has 0 atom stereocenters. The van der Waals surface area contributed by atoms with E-state index in [-0.39, 0.29) is 5.91 Å². The molecule has 0 unspecified atom stereocenters. The number of anilines is 2. The van der Waals surface area contributed by atoms with Gasteiger partial charge in [0.05, 0.1) is 11.4 Å². The molecular weight excluding hydrogens is 406 g/mol. The number of piperazine rings is 1. The lowest BCUT2D eigenvalue weighted by Gasteiger charge is -2.35. The van der Waals surface area contributed by atoms with Gasteiger partial charge in [0.1, 0.15) is 5.75 Å². The molecule has 144 valence electrons. The smallest absolute Gasteiger partial charge is 0.268 e. The summed E-state index contributed by atoms with van der Waals surface area (Å²) in [5, 5.41) is 3.06. The van der Waals surface area contributed by atoms with Crippen molar-refractivity contribution in [3.05, 3.63) is 53.0 Å². The number of ether oxygens (including phenoxy) is 1. The van der Waals surface area contributed by atoms with Crippen molar-refractivity contribution in [1.29, 1.82) is 0 Å². The second kappa shape index (κ2) is 8.31. The Kier molecular flexibility index (Phi) is 6.07. The Hall–Kier alpha value is -2.05. The van der Waals surface area contributed by atoms with Crippen molar-refractivity contribution >= 4 is 33.2 Å². The van der Waals surface area contributed by atoms with Crippen molar-refractivity contribution in [3.63, 3.8) is 0 Å². The van der Waals surface area contributed by atoms with E-state index in [1.54, 1.807) is 13.8 Å². The summed E-state index contributed by atoms with van der Waals surface area (Å²) < 4.78 is 6.91. The summed E-state index contributed by atoms with van der Waals surface area (Å²) in [5.74, 6) is 0.484. The second-order valence-electron chi connectivity index (χ2n) is 7.33. The molecule has 1 saturated heterocycles. The first kappa shape index (κ1) is 19.7. The highest BCUT2D eigenvalue weighted by Gasteiger charge is 2.31. The molecule has 1 aliphatic rings. The maximum atomic E-state index is 12.9. The summed E-state index contributed by atoms with van der Waals surface area (Å²) in [5.41, 5.74) is 0.876. The number of carbonyl (C=O) groups excluding carboxylic acids is 1. The maximum absolute atomic E-state index is 12.9. The Morgan fingerprint density at radius 1 is 1.04 bits per heavy atom. The summed E-state index contributed by atoms with van der Waals surface area (Å²) in [6, 6.07) is 15.4. The number of nitrogens with one attached hydrogen (secondary N) is 1. The SMILES string of the molecule is CN1CCN(c2ccccc2NC(=O)C(C)(C)Oc2ccc(Br)cc2)CC1. The van der Waals surface area contributed by atoms with Gasteiger partial charge in [-0.15, -0.1) is 0 Å². The molecule has 5 nitrogen and oxygen atoms in total. The van der Waals surface area contributed by atoms with Crippen LogP contribution in [0.4, 0.5) is 11.4 Å². The van der Waals surface area contributed by atoms with Crippen molar-refractivity contribution in [2.45, 2.75) is 19.4 Å². The van der Waals surface area contributed by atoms with Crippen LogP contribution >= 0.6 is 15.9 Å². The van der Waals surface area contributed by atoms with E-state index in [1.165, 1.54) is 0 Å². The summed E-state index contributed by atoms with van der Waals surface area (Å²) in [7, 11) is 2.13. The number of rotatable bonds is 5. The highest BCUT2D eigenvalue weighted by atomic mass is 79.9. The van der Waals surface area contributed by atoms with Crippen molar-refractivity contribution in [3.8, 4) is 5.75 Å². The molecular formula is C21H26BrN3O2. The van der Waals surface area contributed by atoms with E-state index < -0.39 is 5.60 Å². The summed E-state index contributed by atoms with van der Waals surface area (Å²) in [6.45, 7) is 7.48. The third kappa shape index (κ3) is 5.02. The third-order valence-electron chi connectivity index (χ3n) is 4.73. The van der Waals surface area contributed by atoms with E-state index in [4.69, 9.17) is 4.74 Å². The molecule has 2 aromatic rings. The first-order chi connectivity index (χ1) is 12.8. The van der Waals surface area contributed by atoms with Gasteiger partial charge in [-0.2, -0.15) is 0 Å². The fourth-order valence-electron chi connectivity index (χ4n) is 3.02. The van der Waals surface area contributed by atoms with Crippen LogP contribution < -0.4 is 15.0 Å². The molecule has 0 bridgehead atoms. The fourth-order valence-corrected chi connectivity index (χ4v) is 3.28. The van der Waals surface area contributed by atoms with Crippen LogP contribution in [0, 0.1) is 0 Å². The Labute approximate surface area is 169 Å². The summed E-state index contributed by atoms with van der Waals surface area (Å²) in [4.78, 5) is 17.6. The lowest BCUT2D eigenvalue weighted by atomic mass is 10.1. The molecule has 3 rings (SSSR count). The summed E-state index contributed by atoms with van der Waals surface area (Å²) in [6.07, 6.45) is 0. The lowest BCUT2D eigenvalue weighted by molar-refractivity contribution is -0.128. The third-order valence-corrected chi connectivity index (χ3v) is 5.26. The molecule has 0 radical (unpaired) electrons. The maximum Gasteiger partial charge on any atom is 0.268 e. The van der Waals surface area contributed by atoms with Crippen LogP contribution in [0.25, 0.3) is 0 Å². The van der Waals surface area contributed by atoms with E-state index in [1.807, 2.05) is 42.5 Å². The van der Waals surface area contributed by atoms with Crippen molar-refractivity contribution in [1.82, 2.24) is 4.90 Å². The topological polar surface area (TPSA) is 44.8 Å². The molecule has 1 amide bonds. The quantitative estimate of drug-likeness (QED) is 0.776. The van der Waals surface area contributed by atoms with Crippen LogP contribution in [0.3, 0.4) is 0 Å². The fraction of sp³-hybridized carbons (Fsp3) is 0.381. The Morgan fingerprint density at radius 3 is 2.33 bits per heavy atom. The Morgan fingerprint density at radius 2 is 1.67 bits per heavy atom. The molecule has 0 saturated carbocycles. The van der Waals surface area contributed by atoms with Gasteiger partial charge >= 0.3 is 0 Å². The van der Waals surface area contributed by atoms with Gasteiger partial charge in [-0.1, -0.05) is 28.1 Å². The molecule has 1 aliphatic heterocycles. The van der Waals surface area contributed by atoms with Crippen LogP contribution in [0.5, 0.6) is 5.75 Å². The Bertz CT molecular complexity index is 784. The second-order valence-corrected chi connectivity index (χ2v) is 8.24. The number of amides is 1. The number of carbonyl (C=O) groups is 1. The van der Waals surface area contributed by atoms with Crippen LogP contribution in [-0.4, -0.2) is 49.6 Å². The molecule has 1 fully saturated rings. The molecule has 1 heterocycles. The van der Waals surface area contributed by atoms with Crippen LogP contribution in [0.1, 0.15) is 13.8 Å². The molecule has 0 spiro atoms. The lowest BCUT2D eigenvalue weighted by Crippen LogP contribution is -2.45. The van der Waals surface area contributed by atoms with Gasteiger partial charge in [0.15, 0.2) is 5.60 Å². The first-order valence-electron chi connectivity index (χ1n) is 9.14. The highest BCUT2D eigenvalue weighted by molar-refractivity contribution is 9.10. The molecule has 27 heavy (non-hydrogen) atoms. The van der Waals surface area contributed by atoms with E-state index >= 15 is 0 Å². The van der Waals surface area contributed by atoms with E-state index in [2.05, 4.69) is 44.2 Å². The number of benzene rings is 2. The van der Waals surface area contributed by atoms with Gasteiger partial charge in [0.2, 0.25) is 0 Å². The number of halogens is 1. The summed E-state index contributed by atoms with van der Waals surface area (Å²) >= 11 is 3.41. The van der Waals surface area contributed by atoms with Gasteiger partial charge in [-0.25, -0.2) is 0 Å². The monoisotopic (exact) mass is 431 g/mol. The average molecular weight is 432 g/mol. The van der Waals surface area contributed by atoms with E-state index in [0.29, 0.717) is 5.75 Å². The largest absolute Gasteiger partial charge is 0.478 e. The number of hydrogen-bond donors (Lipinski definition) is 1. The molecule has 2 aromatic carbocycles. The zero-order valence-electron chi connectivity index (χ0n) is 16.0. The minimum Gasteiger partial charge on any atom is -0.478 e. The van der Waals surface area contributed by atoms with Crippen LogP contribution in [0.15, 0.2) is 53.0 Å². The zero-order chi connectivity index (χ0) is 19.4. The predicted octanol–water partition coefficient (Wildman–Crippen LogP) is 4.00. The highest BCUT2D eigenvalue weighted by Crippen LogP contribution is 2.28. The first-order valence-corrected chi connectivity index (χ1v) is 9.93. The molecule has 0 aromatic heterocycles. The van der Waals surface area contributed by atoms with Gasteiger partial charge in [-0.05, 0) is 57.3 Å². The molecule has 0 aliphatic carbocycles. The van der Waals surface area contributed by atoms with Gasteiger partial charge in [-0.3, -0.25) is 4.79 Å². The number of nitrogens with zero attached hydrogens (tertiary/aromatic N) is 2. The molecule has 1 N–H and O–H groups in total. The van der Waals surface area contributed by atoms with Crippen LogP contribution in [-0.2, 0) is 4.79 Å². The van der Waals surface area contributed by atoms with Crippen molar-refractivity contribution in [2.75, 3.05) is 43.4 Å². The number of para-hydroxylation sites is 2. The zero-order valence-corrected chi connectivity index (χ0v) is 17.6. The number of hydrogen-bond acceptors (Lipinski definition) is 4. The van der Waals surface area contributed by atoms with Crippen molar-refractivity contribution < 1.29 is 9.53 Å². The minimum atomic E-state index is -0.997. The number of likely N-dealkylation sites (N-methyl/N-ethyl adjacent to an activating group) is 1. The van der Waals surface area contributed by atoms with E-state index in [0.717, 1.165) is 42.0 Å². The predicted molar refractivity (Wildman–Crippen MR) is 114 cm³/mol. The van der Waals surface area contributed by atoms with Crippen molar-refractivity contribution in [2.24, 2.45) is 0 Å². The Balaban J connectivity index is 1.72. The standard InChI is InChI=1S/C21H26BrN3O2/c1-21(2,27-17-10-8-16(22)9-11-17)20(26)23-18-6-4-5-7-19(18)25-14-12-24(3)13-15-25/h4-11H,12-15H2,1-3H3,(H,23,26). The normalized spacial score (nSPS) is 15.5.